The van der Waals surface area contributed by atoms with Crippen LogP contribution in [-0.2, 0) is 42.9 Å². The van der Waals surface area contributed by atoms with Crippen molar-refractivity contribution in [2.75, 3.05) is 27.9 Å². The Hall–Kier alpha value is -3.04. The summed E-state index contributed by atoms with van der Waals surface area (Å²) in [5, 5.41) is 33.9. The van der Waals surface area contributed by atoms with Crippen molar-refractivity contribution in [3.05, 3.63) is 47.6 Å². The zero-order valence-corrected chi connectivity index (χ0v) is 40.4. The van der Waals surface area contributed by atoms with Crippen LogP contribution in [-0.4, -0.2) is 126 Å². The zero-order chi connectivity index (χ0) is 47.3. The molecule has 4 rings (SSSR count). The fourth-order valence-electron chi connectivity index (χ4n) is 10.2. The van der Waals surface area contributed by atoms with Crippen molar-refractivity contribution in [2.24, 2.45) is 35.5 Å². The van der Waals surface area contributed by atoms with Crippen LogP contribution in [0.4, 0.5) is 0 Å². The second-order valence-corrected chi connectivity index (χ2v) is 19.7. The predicted molar refractivity (Wildman–Crippen MR) is 245 cm³/mol. The number of fused-ring (bicyclic) bond motifs is 3. The summed E-state index contributed by atoms with van der Waals surface area (Å²) < 4.78 is 29.8. The highest BCUT2D eigenvalue weighted by Crippen LogP contribution is 2.39. The minimum absolute atomic E-state index is 0.0492. The molecule has 1 saturated carbocycles. The molecule has 0 aromatic heterocycles. The van der Waals surface area contributed by atoms with E-state index in [1.54, 1.807) is 34.1 Å². The van der Waals surface area contributed by atoms with Crippen molar-refractivity contribution in [1.29, 1.82) is 0 Å². The number of rotatable bonds is 6. The van der Waals surface area contributed by atoms with Gasteiger partial charge >= 0.3 is 5.97 Å². The van der Waals surface area contributed by atoms with Crippen molar-refractivity contribution >= 4 is 23.4 Å². The molecule has 362 valence electrons. The number of ketones is 2. The molecule has 15 atom stereocenters. The molecule has 1 aliphatic carbocycles. The lowest BCUT2D eigenvalue weighted by atomic mass is 9.78. The highest BCUT2D eigenvalue weighted by molar-refractivity contribution is 5.87. The lowest BCUT2D eigenvalue weighted by Gasteiger charge is -2.44. The van der Waals surface area contributed by atoms with Gasteiger partial charge in [-0.1, -0.05) is 71.1 Å². The molecule has 0 radical (unpaired) electrons. The van der Waals surface area contributed by atoms with Crippen LogP contribution in [0.15, 0.2) is 47.6 Å². The van der Waals surface area contributed by atoms with Gasteiger partial charge in [0.25, 0.3) is 0 Å². The van der Waals surface area contributed by atoms with Gasteiger partial charge in [0, 0.05) is 58.5 Å². The topological polar surface area (TPSA) is 178 Å². The number of Topliss-reactive ketones (excluding diaryl/α,β-unsaturated/α-hetero) is 2. The SMILES string of the molecule is CO[C@H]1C[C@@H]2CC[C@@H](C)[C@](O)(CC(=O)N3CCCC[C@H]3C(=O)O[C@H]([C@H](C)C[C@@H]3CC[C@@H](O)[C@H](OC)C3)CC(=O)[C@H](C)/C=C(\C)[C@@H](O)[C@@H](OC)C(=O)[C@H](C)C[C@H](C)/C=C/C=CC=C1C)O2. The smallest absolute Gasteiger partial charge is 0.329 e. The van der Waals surface area contributed by atoms with E-state index in [2.05, 4.69) is 0 Å². The van der Waals surface area contributed by atoms with Gasteiger partial charge in [-0.2, -0.15) is 0 Å². The summed E-state index contributed by atoms with van der Waals surface area (Å²) in [7, 11) is 4.63. The number of allylic oxidation sites excluding steroid dienone is 6. The van der Waals surface area contributed by atoms with E-state index in [0.717, 1.165) is 12.0 Å². The third-order valence-corrected chi connectivity index (χ3v) is 14.5. The Morgan fingerprint density at radius 2 is 1.59 bits per heavy atom. The monoisotopic (exact) mass is 900 g/mol. The number of carbonyl (C=O) groups is 4. The molecule has 13 heteroatoms. The van der Waals surface area contributed by atoms with Gasteiger partial charge < -0.3 is 43.9 Å². The average molecular weight is 900 g/mol. The maximum absolute atomic E-state index is 14.4. The Bertz CT molecular complexity index is 1670. The average Bonchev–Trinajstić information content (AvgIpc) is 3.26. The number of amides is 1. The van der Waals surface area contributed by atoms with E-state index < -0.39 is 60.0 Å². The van der Waals surface area contributed by atoms with Gasteiger partial charge in [0.15, 0.2) is 11.6 Å². The molecule has 2 saturated heterocycles. The molecule has 2 bridgehead atoms. The summed E-state index contributed by atoms with van der Waals surface area (Å²) in [6.45, 7) is 13.4. The summed E-state index contributed by atoms with van der Waals surface area (Å²) in [5.41, 5.74) is 1.39. The van der Waals surface area contributed by atoms with Crippen LogP contribution in [0.25, 0.3) is 0 Å². The molecule has 64 heavy (non-hydrogen) atoms. The van der Waals surface area contributed by atoms with Crippen molar-refractivity contribution in [2.45, 2.75) is 186 Å². The van der Waals surface area contributed by atoms with E-state index in [-0.39, 0.29) is 66.4 Å². The molecule has 4 aliphatic rings. The highest BCUT2D eigenvalue weighted by Gasteiger charge is 2.46. The fourth-order valence-corrected chi connectivity index (χ4v) is 10.2. The zero-order valence-electron chi connectivity index (χ0n) is 40.4. The molecule has 13 nitrogen and oxygen atoms in total. The maximum Gasteiger partial charge on any atom is 0.329 e. The van der Waals surface area contributed by atoms with Gasteiger partial charge in [-0.25, -0.2) is 4.79 Å². The third-order valence-electron chi connectivity index (χ3n) is 14.5. The van der Waals surface area contributed by atoms with Gasteiger partial charge in [0.2, 0.25) is 5.91 Å². The summed E-state index contributed by atoms with van der Waals surface area (Å²) in [5.74, 6) is -4.68. The Labute approximate surface area is 383 Å². The number of ether oxygens (including phenoxy) is 5. The fraction of sp³-hybridized carbons (Fsp3) is 0.765. The number of esters is 1. The number of cyclic esters (lactones) is 1. The van der Waals surface area contributed by atoms with E-state index >= 15 is 0 Å². The number of piperidine rings is 1. The standard InChI is InChI=1S/C51H81NO12/c1-31-16-12-11-13-17-32(2)43(60-8)28-39-21-19-37(7)51(59,64-39)30-46(55)52-23-15-14-18-40(52)50(58)63-44(34(4)26-38-20-22-41(53)45(27-38)61-9)29-42(54)33(3)25-36(6)48(57)49(62-10)47(56)35(5)24-31/h11-13,16-17,25,31,33-35,37-41,43-45,48-49,53,57,59H,14-15,18-24,26-30H2,1-10H3/b13-11?,16-12+,32-17?,36-25+/t31-,33-,34-,35-,37-,38+,39+,40+,41-,43+,44+,45-,48-,49+,51+/m1/s1. The van der Waals surface area contributed by atoms with Gasteiger partial charge in [-0.15, -0.1) is 0 Å². The summed E-state index contributed by atoms with van der Waals surface area (Å²) in [6.07, 6.45) is 13.0. The van der Waals surface area contributed by atoms with E-state index in [9.17, 15) is 34.5 Å². The first kappa shape index (κ1) is 53.6. The first-order valence-corrected chi connectivity index (χ1v) is 23.9. The first-order chi connectivity index (χ1) is 30.3. The van der Waals surface area contributed by atoms with Crippen LogP contribution in [0.2, 0.25) is 0 Å². The number of hydrogen-bond acceptors (Lipinski definition) is 12. The number of methoxy groups -OCH3 is 3. The van der Waals surface area contributed by atoms with Crippen molar-refractivity contribution < 1.29 is 58.2 Å². The van der Waals surface area contributed by atoms with Crippen LogP contribution < -0.4 is 0 Å². The van der Waals surface area contributed by atoms with E-state index in [1.807, 2.05) is 65.0 Å². The Morgan fingerprint density at radius 1 is 0.859 bits per heavy atom. The van der Waals surface area contributed by atoms with E-state index in [0.29, 0.717) is 76.3 Å². The second kappa shape index (κ2) is 25.2. The normalized spacial score (nSPS) is 39.5. The molecule has 1 amide bonds. The number of hydrogen-bond donors (Lipinski definition) is 3. The van der Waals surface area contributed by atoms with Crippen LogP contribution in [0.3, 0.4) is 0 Å². The van der Waals surface area contributed by atoms with E-state index in [4.69, 9.17) is 23.7 Å². The summed E-state index contributed by atoms with van der Waals surface area (Å²) in [6, 6.07) is -0.903. The highest BCUT2D eigenvalue weighted by atomic mass is 16.6. The van der Waals surface area contributed by atoms with Gasteiger partial charge in [0.1, 0.15) is 30.1 Å². The number of carbonyl (C=O) groups excluding carboxylic acids is 4. The number of nitrogens with zero attached hydrogens (tertiary/aromatic N) is 1. The van der Waals surface area contributed by atoms with E-state index in [1.165, 1.54) is 12.0 Å². The number of aliphatic hydroxyl groups is 3. The Kier molecular flexibility index (Phi) is 21.1. The van der Waals surface area contributed by atoms with Crippen molar-refractivity contribution in [3.63, 3.8) is 0 Å². The summed E-state index contributed by atoms with van der Waals surface area (Å²) in [4.78, 5) is 57.9. The molecule has 3 aliphatic heterocycles. The van der Waals surface area contributed by atoms with Crippen LogP contribution >= 0.6 is 0 Å². The minimum Gasteiger partial charge on any atom is -0.460 e. The van der Waals surface area contributed by atoms with Crippen LogP contribution in [0, 0.1) is 35.5 Å². The predicted octanol–water partition coefficient (Wildman–Crippen LogP) is 7.00. The lowest BCUT2D eigenvalue weighted by Crippen LogP contribution is -2.55. The van der Waals surface area contributed by atoms with Crippen molar-refractivity contribution in [1.82, 2.24) is 4.90 Å². The molecule has 0 aromatic carbocycles. The van der Waals surface area contributed by atoms with Gasteiger partial charge in [-0.05, 0) is 107 Å². The molecular formula is C51H81NO12. The molecular weight excluding hydrogens is 819 g/mol. The van der Waals surface area contributed by atoms with Crippen LogP contribution in [0.1, 0.15) is 132 Å². The number of aliphatic hydroxyl groups excluding tert-OH is 2. The largest absolute Gasteiger partial charge is 0.460 e. The first-order valence-electron chi connectivity index (χ1n) is 23.9. The molecule has 3 fully saturated rings. The third kappa shape index (κ3) is 14.7. The Morgan fingerprint density at radius 3 is 2.28 bits per heavy atom. The van der Waals surface area contributed by atoms with Crippen molar-refractivity contribution in [3.8, 4) is 0 Å². The molecule has 0 spiro atoms. The molecule has 0 aromatic rings. The minimum atomic E-state index is -1.75. The second-order valence-electron chi connectivity index (χ2n) is 19.7. The van der Waals surface area contributed by atoms with Crippen LogP contribution in [0.5, 0.6) is 0 Å². The molecule has 3 N–H and O–H groups in total. The van der Waals surface area contributed by atoms with Gasteiger partial charge in [-0.3, -0.25) is 14.4 Å². The molecule has 3 heterocycles. The quantitative estimate of drug-likeness (QED) is 0.184. The summed E-state index contributed by atoms with van der Waals surface area (Å²) >= 11 is 0. The Balaban J connectivity index is 1.67. The molecule has 0 unspecified atom stereocenters. The van der Waals surface area contributed by atoms with Gasteiger partial charge in [0.05, 0.1) is 30.8 Å². The maximum atomic E-state index is 14.4. The lowest BCUT2D eigenvalue weighted by molar-refractivity contribution is -0.284.